The van der Waals surface area contributed by atoms with Crippen molar-refractivity contribution in [2.45, 2.75) is 44.7 Å². The molecule has 2 amide bonds. The quantitative estimate of drug-likeness (QED) is 0.617. The van der Waals surface area contributed by atoms with Crippen LogP contribution in [0.25, 0.3) is 0 Å². The number of hydrogen-bond acceptors (Lipinski definition) is 5. The van der Waals surface area contributed by atoms with Gasteiger partial charge in [-0.05, 0) is 49.4 Å². The van der Waals surface area contributed by atoms with Gasteiger partial charge in [0, 0.05) is 24.5 Å². The van der Waals surface area contributed by atoms with Gasteiger partial charge in [-0.15, -0.1) is 0 Å². The number of carboxylic acid groups (broad SMARTS) is 1. The number of rotatable bonds is 7. The number of likely N-dealkylation sites (tertiary alicyclic amines) is 1. The highest BCUT2D eigenvalue weighted by atomic mass is 19.1. The number of hydrogen-bond donors (Lipinski definition) is 3. The van der Waals surface area contributed by atoms with Crippen LogP contribution in [0.3, 0.4) is 0 Å². The lowest BCUT2D eigenvalue weighted by Crippen LogP contribution is -2.46. The minimum absolute atomic E-state index is 0.0134. The average Bonchev–Trinajstić information content (AvgIpc) is 3.16. The van der Waals surface area contributed by atoms with Gasteiger partial charge >= 0.3 is 6.09 Å². The summed E-state index contributed by atoms with van der Waals surface area (Å²) < 4.78 is 14.8. The fourth-order valence-corrected chi connectivity index (χ4v) is 4.14. The number of nitriles is 1. The van der Waals surface area contributed by atoms with E-state index in [1.807, 2.05) is 6.92 Å². The van der Waals surface area contributed by atoms with Gasteiger partial charge in [0.05, 0.1) is 18.5 Å². The number of aromatic nitrogens is 2. The van der Waals surface area contributed by atoms with Crippen LogP contribution in [-0.4, -0.2) is 44.4 Å². The summed E-state index contributed by atoms with van der Waals surface area (Å²) in [6.45, 7) is 2.32. The molecule has 1 aliphatic rings. The lowest BCUT2D eigenvalue weighted by atomic mass is 9.83. The van der Waals surface area contributed by atoms with Gasteiger partial charge in [0.1, 0.15) is 11.4 Å². The highest BCUT2D eigenvalue weighted by molar-refractivity contribution is 5.98. The molecule has 0 bridgehead atoms. The van der Waals surface area contributed by atoms with Gasteiger partial charge in [0.25, 0.3) is 5.91 Å². The lowest BCUT2D eigenvalue weighted by Gasteiger charge is -2.40. The van der Waals surface area contributed by atoms with Crippen LogP contribution in [-0.2, 0) is 0 Å². The van der Waals surface area contributed by atoms with E-state index >= 15 is 0 Å². The Morgan fingerprint density at radius 3 is 2.71 bits per heavy atom. The Labute approximate surface area is 179 Å². The zero-order valence-corrected chi connectivity index (χ0v) is 17.2. The maximum absolute atomic E-state index is 13.2. The largest absolute Gasteiger partial charge is 0.465 e. The Bertz CT molecular complexity index is 984. The number of halogens is 1. The molecule has 2 aromatic rings. The predicted octanol–water partition coefficient (Wildman–Crippen LogP) is 3.49. The van der Waals surface area contributed by atoms with Crippen LogP contribution in [0.2, 0.25) is 0 Å². The van der Waals surface area contributed by atoms with E-state index in [9.17, 15) is 24.3 Å². The molecule has 164 valence electrons. The van der Waals surface area contributed by atoms with Gasteiger partial charge in [0.15, 0.2) is 5.82 Å². The minimum atomic E-state index is -0.942. The van der Waals surface area contributed by atoms with Crippen LogP contribution in [0.15, 0.2) is 30.5 Å². The summed E-state index contributed by atoms with van der Waals surface area (Å²) in [6, 6.07) is 7.29. The van der Waals surface area contributed by atoms with Crippen LogP contribution in [0, 0.1) is 23.1 Å². The summed E-state index contributed by atoms with van der Waals surface area (Å²) in [6.07, 6.45) is 2.59. The molecule has 0 aliphatic carbocycles. The van der Waals surface area contributed by atoms with Crippen LogP contribution < -0.4 is 11.1 Å². The first kappa shape index (κ1) is 22.1. The smallest absolute Gasteiger partial charge is 0.407 e. The number of anilines is 2. The SMILES string of the molecule is CCC1CC([C@H](CC#N)n2cc(C(N)=O)c(Nc3ccc(F)cc3)n2)CCN1C(=O)O. The van der Waals surface area contributed by atoms with Crippen LogP contribution >= 0.6 is 0 Å². The molecule has 9 nitrogen and oxygen atoms in total. The van der Waals surface area contributed by atoms with Gasteiger partial charge in [-0.1, -0.05) is 6.92 Å². The van der Waals surface area contributed by atoms with Crippen LogP contribution in [0.1, 0.15) is 49.0 Å². The Morgan fingerprint density at radius 1 is 1.42 bits per heavy atom. The summed E-state index contributed by atoms with van der Waals surface area (Å²) in [5.74, 6) is -0.839. The summed E-state index contributed by atoms with van der Waals surface area (Å²) in [7, 11) is 0. The second-order valence-electron chi connectivity index (χ2n) is 7.62. The summed E-state index contributed by atoms with van der Waals surface area (Å²) >= 11 is 0. The number of primary amides is 1. The minimum Gasteiger partial charge on any atom is -0.465 e. The number of nitrogens with one attached hydrogen (secondary N) is 1. The molecular weight excluding hydrogens is 403 g/mol. The first-order valence-electron chi connectivity index (χ1n) is 10.1. The number of nitrogens with two attached hydrogens (primary N) is 1. The van der Waals surface area contributed by atoms with Crippen molar-refractivity contribution in [2.24, 2.45) is 11.7 Å². The van der Waals surface area contributed by atoms with E-state index in [0.29, 0.717) is 31.5 Å². The third kappa shape index (κ3) is 4.94. The molecule has 0 radical (unpaired) electrons. The molecule has 0 saturated carbocycles. The second-order valence-corrected chi connectivity index (χ2v) is 7.62. The number of piperidine rings is 1. The lowest BCUT2D eigenvalue weighted by molar-refractivity contribution is 0.0734. The summed E-state index contributed by atoms with van der Waals surface area (Å²) in [5, 5.41) is 26.3. The Balaban J connectivity index is 1.89. The van der Waals surface area contributed by atoms with E-state index in [2.05, 4.69) is 16.5 Å². The van der Waals surface area contributed by atoms with Gasteiger partial charge in [-0.3, -0.25) is 9.48 Å². The predicted molar refractivity (Wildman–Crippen MR) is 111 cm³/mol. The standard InChI is InChI=1S/C21H25FN6O3/c1-2-16-11-13(8-10-27(16)21(30)31)18(7-9-23)28-12-17(19(24)29)20(26-28)25-15-5-3-14(22)4-6-15/h3-6,12-13,16,18H,2,7-8,10-11H2,1H3,(H2,24,29)(H,25,26)(H,30,31)/t13?,16?,18-/m0/s1. The van der Waals surface area contributed by atoms with E-state index in [-0.39, 0.29) is 35.8 Å². The van der Waals surface area contributed by atoms with Gasteiger partial charge in [-0.25, -0.2) is 9.18 Å². The highest BCUT2D eigenvalue weighted by Gasteiger charge is 2.35. The molecule has 3 rings (SSSR count). The van der Waals surface area contributed by atoms with Crippen molar-refractivity contribution < 1.29 is 19.1 Å². The van der Waals surface area contributed by atoms with E-state index in [1.54, 1.807) is 4.68 Å². The topological polar surface area (TPSA) is 137 Å². The molecule has 0 spiro atoms. The van der Waals surface area contributed by atoms with Crippen molar-refractivity contribution in [1.82, 2.24) is 14.7 Å². The Kier molecular flexibility index (Phi) is 6.74. The normalized spacial score (nSPS) is 19.5. The zero-order valence-electron chi connectivity index (χ0n) is 17.2. The molecule has 1 saturated heterocycles. The molecule has 1 aromatic heterocycles. The Morgan fingerprint density at radius 2 is 2.13 bits per heavy atom. The zero-order chi connectivity index (χ0) is 22.5. The van der Waals surface area contributed by atoms with E-state index in [0.717, 1.165) is 0 Å². The maximum Gasteiger partial charge on any atom is 0.407 e. The van der Waals surface area contributed by atoms with Crippen molar-refractivity contribution in [3.8, 4) is 6.07 Å². The molecule has 3 atom stereocenters. The van der Waals surface area contributed by atoms with Crippen molar-refractivity contribution >= 4 is 23.5 Å². The molecule has 1 fully saturated rings. The molecule has 10 heteroatoms. The number of benzene rings is 1. The van der Waals surface area contributed by atoms with Crippen molar-refractivity contribution in [2.75, 3.05) is 11.9 Å². The van der Waals surface area contributed by atoms with E-state index in [4.69, 9.17) is 5.73 Å². The number of nitrogens with zero attached hydrogens (tertiary/aromatic N) is 4. The molecular formula is C21H25FN6O3. The third-order valence-electron chi connectivity index (χ3n) is 5.76. The molecule has 31 heavy (non-hydrogen) atoms. The van der Waals surface area contributed by atoms with Gasteiger partial charge in [-0.2, -0.15) is 10.4 Å². The monoisotopic (exact) mass is 428 g/mol. The number of carbonyl (C=O) groups is 2. The molecule has 2 unspecified atom stereocenters. The first-order chi connectivity index (χ1) is 14.8. The fraction of sp³-hybridized carbons (Fsp3) is 0.429. The first-order valence-corrected chi connectivity index (χ1v) is 10.1. The third-order valence-corrected chi connectivity index (χ3v) is 5.76. The van der Waals surface area contributed by atoms with Crippen LogP contribution in [0.5, 0.6) is 0 Å². The molecule has 1 aromatic carbocycles. The molecule has 2 heterocycles. The van der Waals surface area contributed by atoms with Gasteiger partial charge < -0.3 is 21.1 Å². The van der Waals surface area contributed by atoms with Crippen molar-refractivity contribution in [3.05, 3.63) is 41.8 Å². The van der Waals surface area contributed by atoms with Gasteiger partial charge in [0.2, 0.25) is 0 Å². The number of carbonyl (C=O) groups excluding carboxylic acids is 1. The average molecular weight is 428 g/mol. The summed E-state index contributed by atoms with van der Waals surface area (Å²) in [4.78, 5) is 24.9. The van der Waals surface area contributed by atoms with Crippen molar-refractivity contribution in [1.29, 1.82) is 5.26 Å². The summed E-state index contributed by atoms with van der Waals surface area (Å²) in [5.41, 5.74) is 6.21. The van der Waals surface area contributed by atoms with Crippen molar-refractivity contribution in [3.63, 3.8) is 0 Å². The molecule has 1 aliphatic heterocycles. The Hall–Kier alpha value is -3.61. The number of amides is 2. The van der Waals surface area contributed by atoms with E-state index in [1.165, 1.54) is 35.4 Å². The molecule has 4 N–H and O–H groups in total. The highest BCUT2D eigenvalue weighted by Crippen LogP contribution is 2.35. The maximum atomic E-state index is 13.2. The van der Waals surface area contributed by atoms with E-state index < -0.39 is 17.8 Å². The van der Waals surface area contributed by atoms with Crippen LogP contribution in [0.4, 0.5) is 20.7 Å². The fourth-order valence-electron chi connectivity index (χ4n) is 4.14. The second kappa shape index (κ2) is 9.47.